The first-order valence-corrected chi connectivity index (χ1v) is 8.44. The lowest BCUT2D eigenvalue weighted by atomic mass is 10.0. The molecule has 112 valence electrons. The van der Waals surface area contributed by atoms with Gasteiger partial charge in [0.05, 0.1) is 0 Å². The molecule has 21 heavy (non-hydrogen) atoms. The number of fused-ring (bicyclic) bond motifs is 2. The molecule has 3 aliphatic carbocycles. The van der Waals surface area contributed by atoms with Crippen molar-refractivity contribution in [3.63, 3.8) is 0 Å². The number of pyridine rings is 1. The Morgan fingerprint density at radius 2 is 1.81 bits per heavy atom. The standard InChI is InChI=1S/C16H18Cl2N2O/c17-16(18)11-6-4-9-10(5-7-12(11)16)14(9)15(21)20-13-3-1-2-8-19-13/h1-3,8-12,14H,4-7H2,(H,19,20,21). The van der Waals surface area contributed by atoms with Crippen molar-refractivity contribution < 1.29 is 4.79 Å². The number of nitrogens with zero attached hydrogens (tertiary/aromatic N) is 1. The van der Waals surface area contributed by atoms with Gasteiger partial charge in [-0.15, -0.1) is 23.2 Å². The van der Waals surface area contributed by atoms with Gasteiger partial charge in [0.25, 0.3) is 0 Å². The molecule has 5 heteroatoms. The van der Waals surface area contributed by atoms with Crippen LogP contribution in [0.4, 0.5) is 5.82 Å². The van der Waals surface area contributed by atoms with Crippen LogP contribution in [0.15, 0.2) is 24.4 Å². The monoisotopic (exact) mass is 324 g/mol. The van der Waals surface area contributed by atoms with Gasteiger partial charge in [-0.2, -0.15) is 0 Å². The van der Waals surface area contributed by atoms with Gasteiger partial charge in [0.2, 0.25) is 5.91 Å². The summed E-state index contributed by atoms with van der Waals surface area (Å²) in [7, 11) is 0. The summed E-state index contributed by atoms with van der Waals surface area (Å²) in [5.74, 6) is 2.85. The van der Waals surface area contributed by atoms with Gasteiger partial charge in [-0.25, -0.2) is 4.98 Å². The number of carbonyl (C=O) groups is 1. The van der Waals surface area contributed by atoms with Gasteiger partial charge < -0.3 is 5.32 Å². The number of carbonyl (C=O) groups excluding carboxylic acids is 1. The molecular weight excluding hydrogens is 307 g/mol. The lowest BCUT2D eigenvalue weighted by Gasteiger charge is -2.03. The first-order valence-electron chi connectivity index (χ1n) is 7.68. The SMILES string of the molecule is O=C(Nc1ccccn1)C1C2CCC3C(CCC21)C3(Cl)Cl. The van der Waals surface area contributed by atoms with Crippen LogP contribution in [0.2, 0.25) is 0 Å². The molecule has 0 spiro atoms. The highest BCUT2D eigenvalue weighted by Crippen LogP contribution is 2.67. The Morgan fingerprint density at radius 1 is 1.14 bits per heavy atom. The quantitative estimate of drug-likeness (QED) is 0.839. The number of anilines is 1. The van der Waals surface area contributed by atoms with Crippen LogP contribution >= 0.6 is 23.2 Å². The Bertz CT molecular complexity index is 541. The highest BCUT2D eigenvalue weighted by Gasteiger charge is 2.65. The second kappa shape index (κ2) is 4.85. The van der Waals surface area contributed by atoms with Crippen molar-refractivity contribution in [2.24, 2.45) is 29.6 Å². The van der Waals surface area contributed by atoms with Gasteiger partial charge in [-0.05, 0) is 61.5 Å². The molecule has 4 rings (SSSR count). The summed E-state index contributed by atoms with van der Waals surface area (Å²) in [4.78, 5) is 16.5. The Kier molecular flexibility index (Phi) is 3.20. The number of halogens is 2. The maximum absolute atomic E-state index is 12.4. The van der Waals surface area contributed by atoms with Crippen LogP contribution in [0.25, 0.3) is 0 Å². The highest BCUT2D eigenvalue weighted by molar-refractivity contribution is 6.51. The summed E-state index contributed by atoms with van der Waals surface area (Å²) >= 11 is 12.6. The van der Waals surface area contributed by atoms with Crippen LogP contribution in [-0.2, 0) is 4.79 Å². The van der Waals surface area contributed by atoms with Crippen molar-refractivity contribution in [1.82, 2.24) is 4.98 Å². The maximum Gasteiger partial charge on any atom is 0.229 e. The molecule has 3 fully saturated rings. The van der Waals surface area contributed by atoms with Crippen molar-refractivity contribution in [3.8, 4) is 0 Å². The minimum Gasteiger partial charge on any atom is -0.310 e. The zero-order valence-corrected chi connectivity index (χ0v) is 13.1. The fourth-order valence-electron chi connectivity index (χ4n) is 4.26. The number of hydrogen-bond donors (Lipinski definition) is 1. The van der Waals surface area contributed by atoms with Crippen LogP contribution in [0, 0.1) is 29.6 Å². The number of amides is 1. The lowest BCUT2D eigenvalue weighted by molar-refractivity contribution is -0.117. The lowest BCUT2D eigenvalue weighted by Crippen LogP contribution is -2.16. The van der Waals surface area contributed by atoms with Crippen LogP contribution in [0.1, 0.15) is 25.7 Å². The van der Waals surface area contributed by atoms with E-state index in [4.69, 9.17) is 23.2 Å². The van der Waals surface area contributed by atoms with E-state index in [0.29, 0.717) is 29.5 Å². The molecule has 0 saturated heterocycles. The maximum atomic E-state index is 12.4. The van der Waals surface area contributed by atoms with E-state index in [1.54, 1.807) is 6.20 Å². The zero-order valence-electron chi connectivity index (χ0n) is 11.6. The zero-order chi connectivity index (χ0) is 14.6. The van der Waals surface area contributed by atoms with Crippen LogP contribution in [-0.4, -0.2) is 15.2 Å². The van der Waals surface area contributed by atoms with Crippen molar-refractivity contribution in [2.75, 3.05) is 5.32 Å². The third-order valence-electron chi connectivity index (χ3n) is 5.54. The molecule has 4 unspecified atom stereocenters. The van der Waals surface area contributed by atoms with Crippen LogP contribution < -0.4 is 5.32 Å². The van der Waals surface area contributed by atoms with Crippen molar-refractivity contribution in [1.29, 1.82) is 0 Å². The Hall–Kier alpha value is -0.800. The second-order valence-electron chi connectivity index (χ2n) is 6.60. The molecule has 3 aliphatic rings. The number of rotatable bonds is 2. The molecule has 1 aromatic heterocycles. The van der Waals surface area contributed by atoms with E-state index >= 15 is 0 Å². The molecular formula is C16H18Cl2N2O. The average Bonchev–Trinajstić information content (AvgIpc) is 3.24. The summed E-state index contributed by atoms with van der Waals surface area (Å²) in [5.41, 5.74) is 0. The van der Waals surface area contributed by atoms with Gasteiger partial charge in [0.1, 0.15) is 10.2 Å². The van der Waals surface area contributed by atoms with Gasteiger partial charge in [0, 0.05) is 12.1 Å². The fraction of sp³-hybridized carbons (Fsp3) is 0.625. The predicted molar refractivity (Wildman–Crippen MR) is 83.2 cm³/mol. The third-order valence-corrected chi connectivity index (χ3v) is 6.66. The molecule has 1 aromatic rings. The largest absolute Gasteiger partial charge is 0.310 e. The third kappa shape index (κ3) is 2.35. The number of alkyl halides is 2. The fourth-order valence-corrected chi connectivity index (χ4v) is 5.18. The summed E-state index contributed by atoms with van der Waals surface area (Å²) in [6, 6.07) is 5.55. The minimum atomic E-state index is -0.484. The number of hydrogen-bond acceptors (Lipinski definition) is 2. The first kappa shape index (κ1) is 13.8. The van der Waals surface area contributed by atoms with Crippen molar-refractivity contribution in [3.05, 3.63) is 24.4 Å². The Morgan fingerprint density at radius 3 is 2.38 bits per heavy atom. The van der Waals surface area contributed by atoms with Crippen molar-refractivity contribution >= 4 is 34.9 Å². The van der Waals surface area contributed by atoms with E-state index in [1.807, 2.05) is 18.2 Å². The molecule has 4 atom stereocenters. The average molecular weight is 325 g/mol. The summed E-state index contributed by atoms with van der Waals surface area (Å²) in [5, 5.41) is 2.94. The molecule has 0 aromatic carbocycles. The Balaban J connectivity index is 1.38. The molecule has 0 aliphatic heterocycles. The molecule has 0 bridgehead atoms. The van der Waals surface area contributed by atoms with E-state index in [1.165, 1.54) is 0 Å². The summed E-state index contributed by atoms with van der Waals surface area (Å²) < 4.78 is -0.484. The molecule has 3 nitrogen and oxygen atoms in total. The molecule has 1 heterocycles. The number of nitrogens with one attached hydrogen (secondary N) is 1. The summed E-state index contributed by atoms with van der Waals surface area (Å²) in [6.07, 6.45) is 5.97. The van der Waals surface area contributed by atoms with Gasteiger partial charge in [-0.1, -0.05) is 6.07 Å². The van der Waals surface area contributed by atoms with Crippen LogP contribution in [0.5, 0.6) is 0 Å². The van der Waals surface area contributed by atoms with E-state index in [-0.39, 0.29) is 11.8 Å². The Labute approximate surface area is 134 Å². The van der Waals surface area contributed by atoms with E-state index in [2.05, 4.69) is 10.3 Å². The highest BCUT2D eigenvalue weighted by atomic mass is 35.5. The normalized spacial score (nSPS) is 39.2. The molecule has 0 radical (unpaired) electrons. The van der Waals surface area contributed by atoms with E-state index in [0.717, 1.165) is 25.7 Å². The van der Waals surface area contributed by atoms with Gasteiger partial charge in [-0.3, -0.25) is 4.79 Å². The van der Waals surface area contributed by atoms with Gasteiger partial charge >= 0.3 is 0 Å². The van der Waals surface area contributed by atoms with E-state index < -0.39 is 4.33 Å². The van der Waals surface area contributed by atoms with E-state index in [9.17, 15) is 4.79 Å². The summed E-state index contributed by atoms with van der Waals surface area (Å²) in [6.45, 7) is 0. The topological polar surface area (TPSA) is 42.0 Å². The molecule has 1 amide bonds. The van der Waals surface area contributed by atoms with Crippen molar-refractivity contribution in [2.45, 2.75) is 30.0 Å². The second-order valence-corrected chi connectivity index (χ2v) is 8.04. The molecule has 1 N–H and O–H groups in total. The number of aromatic nitrogens is 1. The van der Waals surface area contributed by atoms with Crippen LogP contribution in [0.3, 0.4) is 0 Å². The smallest absolute Gasteiger partial charge is 0.229 e. The predicted octanol–water partition coefficient (Wildman–Crippen LogP) is 3.88. The minimum absolute atomic E-state index is 0.127. The molecule has 3 saturated carbocycles. The van der Waals surface area contributed by atoms with Gasteiger partial charge in [0.15, 0.2) is 0 Å². The first-order chi connectivity index (χ1) is 10.1.